The Hall–Kier alpha value is -2.09. The summed E-state index contributed by atoms with van der Waals surface area (Å²) in [6.45, 7) is 1.51. The number of nitrogens with two attached hydrogens (primary N) is 1. The van der Waals surface area contributed by atoms with Gasteiger partial charge in [0.1, 0.15) is 5.82 Å². The number of carboxylic acid groups (broad SMARTS) is 1. The van der Waals surface area contributed by atoms with Gasteiger partial charge in [-0.05, 0) is 25.1 Å². The molecule has 0 saturated carbocycles. The van der Waals surface area contributed by atoms with E-state index >= 15 is 0 Å². The van der Waals surface area contributed by atoms with Crippen LogP contribution in [0.4, 0.5) is 9.18 Å². The van der Waals surface area contributed by atoms with Gasteiger partial charge in [-0.25, -0.2) is 14.0 Å². The van der Waals surface area contributed by atoms with E-state index in [9.17, 15) is 18.8 Å². The molecule has 1 aromatic carbocycles. The van der Waals surface area contributed by atoms with Crippen LogP contribution in [-0.2, 0) is 4.79 Å². The summed E-state index contributed by atoms with van der Waals surface area (Å²) in [5.41, 5.74) is 4.32. The number of carbonyl (C=O) groups is 3. The van der Waals surface area contributed by atoms with Crippen LogP contribution in [0.2, 0.25) is 0 Å². The van der Waals surface area contributed by atoms with Crippen LogP contribution in [0.3, 0.4) is 0 Å². The van der Waals surface area contributed by atoms with Crippen molar-refractivity contribution in [2.75, 3.05) is 0 Å². The fourth-order valence-corrected chi connectivity index (χ4v) is 2.13. The smallest absolute Gasteiger partial charge is 0.338 e. The highest BCUT2D eigenvalue weighted by Crippen LogP contribution is 2.25. The van der Waals surface area contributed by atoms with E-state index < -0.39 is 34.5 Å². The van der Waals surface area contributed by atoms with Crippen LogP contribution in [0.1, 0.15) is 17.3 Å². The first-order chi connectivity index (χ1) is 8.81. The van der Waals surface area contributed by atoms with Crippen molar-refractivity contribution >= 4 is 29.7 Å². The molecule has 0 aliphatic carbocycles. The van der Waals surface area contributed by atoms with Gasteiger partial charge in [-0.1, -0.05) is 0 Å². The largest absolute Gasteiger partial charge is 0.478 e. The number of imide groups is 1. The van der Waals surface area contributed by atoms with Crippen molar-refractivity contribution in [2.24, 2.45) is 5.73 Å². The molecular formula is C11H11FN2O4S. The lowest BCUT2D eigenvalue weighted by Gasteiger charge is -2.10. The van der Waals surface area contributed by atoms with Gasteiger partial charge in [0.05, 0.1) is 10.8 Å². The van der Waals surface area contributed by atoms with Gasteiger partial charge in [0, 0.05) is 4.90 Å². The van der Waals surface area contributed by atoms with Gasteiger partial charge < -0.3 is 10.8 Å². The summed E-state index contributed by atoms with van der Waals surface area (Å²) in [6.07, 6.45) is 0. The fraction of sp³-hybridized carbons (Fsp3) is 0.182. The number of hydrogen-bond donors (Lipinski definition) is 3. The molecule has 4 N–H and O–H groups in total. The van der Waals surface area contributed by atoms with Gasteiger partial charge in [0.25, 0.3) is 0 Å². The van der Waals surface area contributed by atoms with Crippen molar-refractivity contribution < 1.29 is 23.9 Å². The molecule has 8 heteroatoms. The highest BCUT2D eigenvalue weighted by Gasteiger charge is 2.17. The quantitative estimate of drug-likeness (QED) is 0.720. The fourth-order valence-electron chi connectivity index (χ4n) is 1.22. The third-order valence-electron chi connectivity index (χ3n) is 2.10. The Labute approximate surface area is 112 Å². The number of primary amides is 1. The predicted molar refractivity (Wildman–Crippen MR) is 66.4 cm³/mol. The van der Waals surface area contributed by atoms with Gasteiger partial charge in [-0.15, -0.1) is 11.8 Å². The van der Waals surface area contributed by atoms with E-state index in [1.807, 2.05) is 5.32 Å². The number of halogens is 1. The molecule has 0 aliphatic rings. The monoisotopic (exact) mass is 286 g/mol. The average Bonchev–Trinajstić information content (AvgIpc) is 2.30. The molecule has 19 heavy (non-hydrogen) atoms. The summed E-state index contributed by atoms with van der Waals surface area (Å²) in [5.74, 6) is -2.86. The van der Waals surface area contributed by atoms with E-state index in [0.29, 0.717) is 4.90 Å². The van der Waals surface area contributed by atoms with E-state index in [0.717, 1.165) is 23.9 Å². The molecule has 0 aliphatic heterocycles. The minimum absolute atomic E-state index is 0.394. The zero-order chi connectivity index (χ0) is 14.6. The minimum Gasteiger partial charge on any atom is -0.478 e. The summed E-state index contributed by atoms with van der Waals surface area (Å²) >= 11 is 0.984. The SMILES string of the molecule is CC(Sc1ccc(F)c(C(=O)O)c1)C(=O)NC(N)=O. The van der Waals surface area contributed by atoms with Crippen molar-refractivity contribution in [2.45, 2.75) is 17.1 Å². The van der Waals surface area contributed by atoms with E-state index in [2.05, 4.69) is 0 Å². The average molecular weight is 286 g/mol. The number of rotatable bonds is 4. The molecule has 3 amide bonds. The molecule has 0 bridgehead atoms. The maximum atomic E-state index is 13.2. The molecule has 0 spiro atoms. The van der Waals surface area contributed by atoms with Crippen LogP contribution in [0.25, 0.3) is 0 Å². The van der Waals surface area contributed by atoms with E-state index in [1.54, 1.807) is 0 Å². The van der Waals surface area contributed by atoms with Crippen molar-refractivity contribution in [3.05, 3.63) is 29.6 Å². The number of amides is 3. The second-order valence-corrected chi connectivity index (χ2v) is 4.97. The second-order valence-electron chi connectivity index (χ2n) is 3.56. The molecule has 0 aromatic heterocycles. The van der Waals surface area contributed by atoms with Crippen molar-refractivity contribution in [3.63, 3.8) is 0 Å². The number of hydrogen-bond acceptors (Lipinski definition) is 4. The number of urea groups is 1. The van der Waals surface area contributed by atoms with Crippen molar-refractivity contribution in [1.82, 2.24) is 5.32 Å². The maximum absolute atomic E-state index is 13.2. The number of nitrogens with one attached hydrogen (secondary N) is 1. The molecule has 1 atom stereocenters. The van der Waals surface area contributed by atoms with Gasteiger partial charge in [0.15, 0.2) is 0 Å². The predicted octanol–water partition coefficient (Wildman–Crippen LogP) is 1.20. The molecule has 0 saturated heterocycles. The molecular weight excluding hydrogens is 275 g/mol. The van der Waals surface area contributed by atoms with E-state index in [1.165, 1.54) is 13.0 Å². The maximum Gasteiger partial charge on any atom is 0.338 e. The van der Waals surface area contributed by atoms with Gasteiger partial charge in [-0.2, -0.15) is 0 Å². The van der Waals surface area contributed by atoms with Crippen LogP contribution in [0, 0.1) is 5.82 Å². The molecule has 0 heterocycles. The normalized spacial score (nSPS) is 11.7. The standard InChI is InChI=1S/C11H11FN2O4S/c1-5(9(15)14-11(13)18)19-6-2-3-8(12)7(4-6)10(16)17/h2-5H,1H3,(H,16,17)(H3,13,14,15,18). The summed E-state index contributed by atoms with van der Waals surface area (Å²) < 4.78 is 13.2. The topological polar surface area (TPSA) is 109 Å². The zero-order valence-electron chi connectivity index (χ0n) is 9.84. The van der Waals surface area contributed by atoms with Gasteiger partial charge >= 0.3 is 12.0 Å². The first-order valence-electron chi connectivity index (χ1n) is 5.11. The lowest BCUT2D eigenvalue weighted by molar-refractivity contribution is -0.119. The Morgan fingerprint density at radius 1 is 1.42 bits per heavy atom. The number of benzene rings is 1. The van der Waals surface area contributed by atoms with Crippen LogP contribution in [0.15, 0.2) is 23.1 Å². The Kier molecular flexibility index (Phi) is 4.87. The molecule has 6 nitrogen and oxygen atoms in total. The van der Waals surface area contributed by atoms with Gasteiger partial charge in [0.2, 0.25) is 5.91 Å². The summed E-state index contributed by atoms with van der Waals surface area (Å²) in [7, 11) is 0. The number of thioether (sulfide) groups is 1. The van der Waals surface area contributed by atoms with Crippen LogP contribution in [0.5, 0.6) is 0 Å². The summed E-state index contributed by atoms with van der Waals surface area (Å²) in [6, 6.07) is 2.50. The highest BCUT2D eigenvalue weighted by molar-refractivity contribution is 8.00. The molecule has 0 fully saturated rings. The first kappa shape index (κ1) is 15.0. The summed E-state index contributed by atoms with van der Waals surface area (Å²) in [4.78, 5) is 33.1. The van der Waals surface area contributed by atoms with Crippen molar-refractivity contribution in [1.29, 1.82) is 0 Å². The zero-order valence-corrected chi connectivity index (χ0v) is 10.7. The number of carbonyl (C=O) groups excluding carboxylic acids is 2. The Morgan fingerprint density at radius 2 is 2.05 bits per heavy atom. The number of carboxylic acids is 1. The summed E-state index contributed by atoms with van der Waals surface area (Å²) in [5, 5.41) is 9.98. The molecule has 1 unspecified atom stereocenters. The molecule has 0 radical (unpaired) electrons. The lowest BCUT2D eigenvalue weighted by atomic mass is 10.2. The first-order valence-corrected chi connectivity index (χ1v) is 5.99. The Bertz CT molecular complexity index is 535. The second kappa shape index (κ2) is 6.19. The lowest BCUT2D eigenvalue weighted by Crippen LogP contribution is -2.39. The van der Waals surface area contributed by atoms with Crippen LogP contribution in [-0.4, -0.2) is 28.3 Å². The van der Waals surface area contributed by atoms with Crippen molar-refractivity contribution in [3.8, 4) is 0 Å². The van der Waals surface area contributed by atoms with Crippen LogP contribution >= 0.6 is 11.8 Å². The Balaban J connectivity index is 2.82. The third kappa shape index (κ3) is 4.25. The number of aromatic carboxylic acids is 1. The third-order valence-corrected chi connectivity index (χ3v) is 3.19. The van der Waals surface area contributed by atoms with E-state index in [4.69, 9.17) is 10.8 Å². The van der Waals surface area contributed by atoms with E-state index in [-0.39, 0.29) is 0 Å². The Morgan fingerprint density at radius 3 is 2.58 bits per heavy atom. The highest BCUT2D eigenvalue weighted by atomic mass is 32.2. The molecule has 102 valence electrons. The van der Waals surface area contributed by atoms with Crippen LogP contribution < -0.4 is 11.1 Å². The molecule has 1 rings (SSSR count). The molecule has 1 aromatic rings. The van der Waals surface area contributed by atoms with Gasteiger partial charge in [-0.3, -0.25) is 10.1 Å². The minimum atomic E-state index is -1.39.